The van der Waals surface area contributed by atoms with Gasteiger partial charge in [0.1, 0.15) is 29.9 Å². The van der Waals surface area contributed by atoms with E-state index in [2.05, 4.69) is 49.6 Å². The summed E-state index contributed by atoms with van der Waals surface area (Å²) in [6, 6.07) is 33.6. The standard InChI is InChI=1S/C54H64N2O8/c1-4-7-34-60-53(59)56(30-5-2)50-37-48(55-62-38-39-18-10-8-11-19-39)46-35-42(22-14-16-31-57)45(23-15-17-32-58)51-47-36-44(28-29-49(47)64-54(50,52(46)51)61-33-6-3)63-43-26-24-41(25-27-43)40-20-12-9-13-21-40/h4,6,8-13,18-21,24-29,35-36,42,45,50-52,57-58H,1,3,5,7,14-17,22-23,30-34,37-38H2,2H3/t42-,45+,50-,51+,52+,54+/m0/s1. The van der Waals surface area contributed by atoms with E-state index in [0.29, 0.717) is 49.5 Å². The number of amides is 1. The molecule has 2 N–H and O–H groups in total. The third kappa shape index (κ3) is 10.6. The SMILES string of the molecule is C=CCCOC(=O)N(CCC)[C@H]1CC(=NOCc2ccccc2)C2=C[C@H](CCCCO)[C@@H](CCCCO)[C@@H]3c4cc(Oc5ccc(-c6ccccc6)cc5)ccc4O[C@@]1(OCC=C)[C@H]23. The third-order valence-electron chi connectivity index (χ3n) is 12.7. The maximum absolute atomic E-state index is 14.3. The average Bonchev–Trinajstić information content (AvgIpc) is 3.32. The van der Waals surface area contributed by atoms with Crippen LogP contribution in [0.3, 0.4) is 0 Å². The zero-order chi connectivity index (χ0) is 44.7. The molecule has 6 atom stereocenters. The molecule has 0 bridgehead atoms. The van der Waals surface area contributed by atoms with Crippen LogP contribution in [-0.4, -0.2) is 71.7 Å². The normalized spacial score (nSPS) is 22.6. The van der Waals surface area contributed by atoms with Crippen LogP contribution in [0, 0.1) is 17.8 Å². The lowest BCUT2D eigenvalue weighted by molar-refractivity contribution is -0.255. The third-order valence-corrected chi connectivity index (χ3v) is 12.7. The number of unbranched alkanes of at least 4 members (excludes halogenated alkanes) is 2. The highest BCUT2D eigenvalue weighted by molar-refractivity contribution is 6.03. The summed E-state index contributed by atoms with van der Waals surface area (Å²) >= 11 is 0. The predicted molar refractivity (Wildman–Crippen MR) is 251 cm³/mol. The molecule has 10 heteroatoms. The van der Waals surface area contributed by atoms with Crippen molar-refractivity contribution >= 4 is 11.8 Å². The van der Waals surface area contributed by atoms with Crippen LogP contribution >= 0.6 is 0 Å². The molecule has 4 aromatic rings. The van der Waals surface area contributed by atoms with Crippen molar-refractivity contribution in [2.45, 2.75) is 89.1 Å². The molecule has 2 aliphatic carbocycles. The molecule has 0 aromatic heterocycles. The van der Waals surface area contributed by atoms with Crippen molar-refractivity contribution in [1.29, 1.82) is 0 Å². The molecule has 338 valence electrons. The lowest BCUT2D eigenvalue weighted by Gasteiger charge is -2.59. The smallest absolute Gasteiger partial charge is 0.410 e. The number of hydrogen-bond donors (Lipinski definition) is 2. The van der Waals surface area contributed by atoms with Crippen molar-refractivity contribution < 1.29 is 38.8 Å². The summed E-state index contributed by atoms with van der Waals surface area (Å²) in [7, 11) is 0. The van der Waals surface area contributed by atoms with E-state index in [1.54, 1.807) is 17.1 Å². The monoisotopic (exact) mass is 868 g/mol. The number of nitrogens with zero attached hydrogens (tertiary/aromatic N) is 2. The van der Waals surface area contributed by atoms with Gasteiger partial charge >= 0.3 is 6.09 Å². The van der Waals surface area contributed by atoms with Gasteiger partial charge in [0.05, 0.1) is 24.8 Å². The highest BCUT2D eigenvalue weighted by Gasteiger charge is 2.65. The van der Waals surface area contributed by atoms with Crippen LogP contribution in [0.1, 0.15) is 81.8 Å². The molecule has 7 rings (SSSR count). The molecule has 1 fully saturated rings. The number of rotatable bonds is 23. The fourth-order valence-corrected chi connectivity index (χ4v) is 9.88. The van der Waals surface area contributed by atoms with E-state index in [9.17, 15) is 15.0 Å². The minimum Gasteiger partial charge on any atom is -0.459 e. The Bertz CT molecular complexity index is 2190. The maximum atomic E-state index is 14.3. The Morgan fingerprint density at radius 2 is 1.58 bits per heavy atom. The summed E-state index contributed by atoms with van der Waals surface area (Å²) in [5, 5.41) is 24.9. The highest BCUT2D eigenvalue weighted by atomic mass is 16.7. The lowest BCUT2D eigenvalue weighted by atomic mass is 9.55. The fourth-order valence-electron chi connectivity index (χ4n) is 9.88. The van der Waals surface area contributed by atoms with Gasteiger partial charge in [-0.1, -0.05) is 116 Å². The lowest BCUT2D eigenvalue weighted by Crippen LogP contribution is -2.70. The maximum Gasteiger partial charge on any atom is 0.410 e. The molecule has 4 aromatic carbocycles. The van der Waals surface area contributed by atoms with Crippen molar-refractivity contribution in [3.63, 3.8) is 0 Å². The van der Waals surface area contributed by atoms with E-state index in [-0.39, 0.29) is 57.2 Å². The van der Waals surface area contributed by atoms with Crippen molar-refractivity contribution in [2.24, 2.45) is 22.9 Å². The summed E-state index contributed by atoms with van der Waals surface area (Å²) in [6.45, 7) is 11.1. The molecule has 10 nitrogen and oxygen atoms in total. The molecule has 0 radical (unpaired) electrons. The second-order valence-electron chi connectivity index (χ2n) is 16.9. The summed E-state index contributed by atoms with van der Waals surface area (Å²) in [5.41, 5.74) is 5.89. The Hall–Kier alpha value is -5.68. The van der Waals surface area contributed by atoms with Crippen LogP contribution in [0.2, 0.25) is 0 Å². The van der Waals surface area contributed by atoms with Gasteiger partial charge in [0, 0.05) is 37.7 Å². The summed E-state index contributed by atoms with van der Waals surface area (Å²) in [5.74, 6) is 0.153. The number of ether oxygens (including phenoxy) is 4. The van der Waals surface area contributed by atoms with Gasteiger partial charge in [0.15, 0.2) is 0 Å². The molecular weight excluding hydrogens is 805 g/mol. The van der Waals surface area contributed by atoms with Gasteiger partial charge in [0.2, 0.25) is 5.79 Å². The summed E-state index contributed by atoms with van der Waals surface area (Å²) in [6.07, 6.45) is 11.5. The first-order chi connectivity index (χ1) is 31.4. The molecule has 0 unspecified atom stereocenters. The van der Waals surface area contributed by atoms with Gasteiger partial charge in [-0.05, 0) is 103 Å². The number of aliphatic hydroxyl groups is 2. The van der Waals surface area contributed by atoms with Crippen molar-refractivity contribution in [3.05, 3.63) is 151 Å². The van der Waals surface area contributed by atoms with Gasteiger partial charge < -0.3 is 34.0 Å². The second kappa shape index (κ2) is 22.8. The Labute approximate surface area is 378 Å². The van der Waals surface area contributed by atoms with Gasteiger partial charge in [-0.3, -0.25) is 4.90 Å². The van der Waals surface area contributed by atoms with E-state index < -0.39 is 23.8 Å². The number of allylic oxidation sites excluding steroid dienone is 1. The first kappa shape index (κ1) is 46.3. The zero-order valence-corrected chi connectivity index (χ0v) is 37.2. The van der Waals surface area contributed by atoms with Gasteiger partial charge in [-0.15, -0.1) is 13.2 Å². The van der Waals surface area contributed by atoms with E-state index >= 15 is 0 Å². The van der Waals surface area contributed by atoms with Crippen LogP contribution in [0.4, 0.5) is 4.79 Å². The Kier molecular flexibility index (Phi) is 16.5. The van der Waals surface area contributed by atoms with Crippen molar-refractivity contribution in [3.8, 4) is 28.4 Å². The van der Waals surface area contributed by atoms with E-state index in [1.165, 1.54) is 0 Å². The Balaban J connectivity index is 1.39. The molecule has 1 amide bonds. The molecule has 3 aliphatic rings. The van der Waals surface area contributed by atoms with Crippen LogP contribution < -0.4 is 9.47 Å². The van der Waals surface area contributed by atoms with Gasteiger partial charge in [-0.25, -0.2) is 4.79 Å². The zero-order valence-electron chi connectivity index (χ0n) is 37.2. The van der Waals surface area contributed by atoms with Crippen molar-refractivity contribution in [1.82, 2.24) is 4.90 Å². The molecule has 64 heavy (non-hydrogen) atoms. The van der Waals surface area contributed by atoms with Crippen LogP contribution in [-0.2, 0) is 20.9 Å². The second-order valence-corrected chi connectivity index (χ2v) is 16.9. The first-order valence-electron chi connectivity index (χ1n) is 23.1. The summed E-state index contributed by atoms with van der Waals surface area (Å²) < 4.78 is 27.0. The predicted octanol–water partition coefficient (Wildman–Crippen LogP) is 11.4. The molecule has 0 spiro atoms. The van der Waals surface area contributed by atoms with Gasteiger partial charge in [-0.2, -0.15) is 0 Å². The minimum absolute atomic E-state index is 0.0677. The molecule has 1 heterocycles. The fraction of sp³-hybridized carbons (Fsp3) is 0.407. The van der Waals surface area contributed by atoms with Crippen LogP contribution in [0.25, 0.3) is 11.1 Å². The summed E-state index contributed by atoms with van der Waals surface area (Å²) in [4.78, 5) is 22.3. The number of carbonyl (C=O) groups excluding carboxylic acids is 1. The Morgan fingerprint density at radius 3 is 2.28 bits per heavy atom. The average molecular weight is 869 g/mol. The number of fused-ring (bicyclic) bond motifs is 2. The van der Waals surface area contributed by atoms with E-state index in [1.807, 2.05) is 79.7 Å². The quantitative estimate of drug-likeness (QED) is 0.0430. The Morgan fingerprint density at radius 1 is 0.875 bits per heavy atom. The minimum atomic E-state index is -1.39. The van der Waals surface area contributed by atoms with Gasteiger partial charge in [0.25, 0.3) is 0 Å². The van der Waals surface area contributed by atoms with Crippen molar-refractivity contribution in [2.75, 3.05) is 33.0 Å². The van der Waals surface area contributed by atoms with E-state index in [4.69, 9.17) is 28.9 Å². The molecular formula is C54H64N2O8. The number of oxime groups is 1. The molecule has 1 saturated carbocycles. The topological polar surface area (TPSA) is 119 Å². The number of benzene rings is 4. The van der Waals surface area contributed by atoms with Crippen LogP contribution in [0.5, 0.6) is 17.2 Å². The number of carbonyl (C=O) groups is 1. The first-order valence-corrected chi connectivity index (χ1v) is 23.1. The molecule has 0 saturated heterocycles. The number of hydrogen-bond acceptors (Lipinski definition) is 9. The number of aliphatic hydroxyl groups excluding tert-OH is 2. The largest absolute Gasteiger partial charge is 0.459 e. The van der Waals surface area contributed by atoms with E-state index in [0.717, 1.165) is 59.2 Å². The molecule has 1 aliphatic heterocycles. The van der Waals surface area contributed by atoms with Crippen LogP contribution in [0.15, 0.2) is 145 Å². The highest BCUT2D eigenvalue weighted by Crippen LogP contribution is 2.62.